The lowest BCUT2D eigenvalue weighted by molar-refractivity contribution is -0.137. The van der Waals surface area contributed by atoms with E-state index in [1.165, 1.54) is 19.0 Å². The van der Waals surface area contributed by atoms with Gasteiger partial charge in [0.25, 0.3) is 0 Å². The Hall–Kier alpha value is -1.30. The molecule has 1 fully saturated rings. The summed E-state index contributed by atoms with van der Waals surface area (Å²) in [5.41, 5.74) is -0.741. The van der Waals surface area contributed by atoms with Crippen molar-refractivity contribution in [2.75, 3.05) is 45.1 Å². The van der Waals surface area contributed by atoms with Gasteiger partial charge in [-0.15, -0.1) is 24.0 Å². The van der Waals surface area contributed by atoms with Gasteiger partial charge in [-0.25, -0.2) is 4.98 Å². The maximum atomic E-state index is 12.5. The molecule has 0 aromatic carbocycles. The number of piperidine rings is 1. The molecule has 0 aliphatic carbocycles. The summed E-state index contributed by atoms with van der Waals surface area (Å²) >= 11 is 0. The molecule has 0 unspecified atom stereocenters. The lowest BCUT2D eigenvalue weighted by Crippen LogP contribution is -2.49. The van der Waals surface area contributed by atoms with Crippen molar-refractivity contribution in [3.05, 3.63) is 23.9 Å². The molecule has 1 saturated heterocycles. The minimum absolute atomic E-state index is 0. The number of hydrogen-bond acceptors (Lipinski definition) is 4. The van der Waals surface area contributed by atoms with Crippen molar-refractivity contribution in [2.24, 2.45) is 4.99 Å². The minimum Gasteiger partial charge on any atom is -0.370 e. The van der Waals surface area contributed by atoms with E-state index in [4.69, 9.17) is 0 Å². The monoisotopic (exact) mass is 528 g/mol. The van der Waals surface area contributed by atoms with E-state index in [2.05, 4.69) is 37.8 Å². The predicted molar refractivity (Wildman–Crippen MR) is 122 cm³/mol. The van der Waals surface area contributed by atoms with E-state index in [1.807, 2.05) is 0 Å². The third-order valence-electron chi connectivity index (χ3n) is 4.73. The highest BCUT2D eigenvalue weighted by atomic mass is 127. The lowest BCUT2D eigenvalue weighted by atomic mass is 10.1. The SMILES string of the molecule is CCCN1CCC(NC(=NC)NCCCNc2ccc(C(F)(F)F)cn2)CC1.I. The molecular formula is C19H32F3IN6. The summed E-state index contributed by atoms with van der Waals surface area (Å²) in [5.74, 6) is 1.23. The van der Waals surface area contributed by atoms with Gasteiger partial charge in [-0.1, -0.05) is 6.92 Å². The fourth-order valence-electron chi connectivity index (χ4n) is 3.18. The van der Waals surface area contributed by atoms with Gasteiger partial charge in [-0.2, -0.15) is 13.2 Å². The van der Waals surface area contributed by atoms with Gasteiger partial charge < -0.3 is 20.9 Å². The Labute approximate surface area is 188 Å². The summed E-state index contributed by atoms with van der Waals surface area (Å²) in [6.07, 6.45) is 0.697. The number of guanidine groups is 1. The van der Waals surface area contributed by atoms with Crippen molar-refractivity contribution in [1.29, 1.82) is 0 Å². The average Bonchev–Trinajstić information content (AvgIpc) is 2.68. The number of aromatic nitrogens is 1. The fraction of sp³-hybridized carbons (Fsp3) is 0.684. The van der Waals surface area contributed by atoms with E-state index in [1.54, 1.807) is 7.05 Å². The van der Waals surface area contributed by atoms with Gasteiger partial charge in [0.1, 0.15) is 5.82 Å². The molecule has 0 atom stereocenters. The summed E-state index contributed by atoms with van der Waals surface area (Å²) < 4.78 is 37.5. The standard InChI is InChI=1S/C19H31F3N6.HI/c1-3-11-28-12-7-16(8-13-28)27-18(23-2)25-10-4-9-24-17-6-5-15(14-26-17)19(20,21)22;/h5-6,14,16H,3-4,7-13H2,1-2H3,(H,24,26)(H2,23,25,27);1H. The molecule has 0 radical (unpaired) electrons. The number of pyridine rings is 1. The van der Waals surface area contributed by atoms with Crippen LogP contribution in [0.15, 0.2) is 23.3 Å². The molecule has 3 N–H and O–H groups in total. The normalized spacial score (nSPS) is 16.2. The molecule has 0 amide bonds. The quantitative estimate of drug-likeness (QED) is 0.209. The first-order chi connectivity index (χ1) is 13.4. The number of aliphatic imine (C=N–C) groups is 1. The number of nitrogens with zero attached hydrogens (tertiary/aromatic N) is 3. The number of hydrogen-bond donors (Lipinski definition) is 3. The van der Waals surface area contributed by atoms with Crippen LogP contribution in [0.25, 0.3) is 0 Å². The molecule has 1 aliphatic heterocycles. The molecule has 0 bridgehead atoms. The van der Waals surface area contributed by atoms with Crippen molar-refractivity contribution in [1.82, 2.24) is 20.5 Å². The van der Waals surface area contributed by atoms with Crippen molar-refractivity contribution in [3.63, 3.8) is 0 Å². The predicted octanol–water partition coefficient (Wildman–Crippen LogP) is 3.56. The second-order valence-electron chi connectivity index (χ2n) is 6.97. The minimum atomic E-state index is -4.36. The molecule has 2 heterocycles. The summed E-state index contributed by atoms with van der Waals surface area (Å²) in [7, 11) is 1.76. The molecule has 1 aromatic rings. The number of nitrogens with one attached hydrogen (secondary N) is 3. The molecule has 1 aliphatic rings. The van der Waals surface area contributed by atoms with Gasteiger partial charge in [-0.3, -0.25) is 4.99 Å². The third kappa shape index (κ3) is 9.37. The van der Waals surface area contributed by atoms with Crippen molar-refractivity contribution in [3.8, 4) is 0 Å². The molecule has 166 valence electrons. The van der Waals surface area contributed by atoms with Crippen LogP contribution in [0, 0.1) is 0 Å². The van der Waals surface area contributed by atoms with E-state index in [0.717, 1.165) is 50.6 Å². The van der Waals surface area contributed by atoms with Gasteiger partial charge >= 0.3 is 6.18 Å². The topological polar surface area (TPSA) is 64.6 Å². The van der Waals surface area contributed by atoms with E-state index in [0.29, 0.717) is 24.9 Å². The molecule has 10 heteroatoms. The Balaban J connectivity index is 0.00000420. The van der Waals surface area contributed by atoms with Crippen LogP contribution >= 0.6 is 24.0 Å². The zero-order valence-electron chi connectivity index (χ0n) is 17.1. The van der Waals surface area contributed by atoms with Crippen LogP contribution in [-0.2, 0) is 6.18 Å². The Kier molecular flexibility index (Phi) is 11.6. The largest absolute Gasteiger partial charge is 0.417 e. The van der Waals surface area contributed by atoms with Crippen molar-refractivity contribution >= 4 is 35.8 Å². The number of rotatable bonds is 8. The van der Waals surface area contributed by atoms with Gasteiger partial charge in [0.05, 0.1) is 5.56 Å². The summed E-state index contributed by atoms with van der Waals surface area (Å²) in [6, 6.07) is 2.82. The zero-order valence-corrected chi connectivity index (χ0v) is 19.4. The van der Waals surface area contributed by atoms with Crippen LogP contribution in [0.3, 0.4) is 0 Å². The molecule has 0 saturated carbocycles. The Morgan fingerprint density at radius 1 is 1.24 bits per heavy atom. The Morgan fingerprint density at radius 3 is 2.52 bits per heavy atom. The Bertz CT molecular complexity index is 601. The van der Waals surface area contributed by atoms with E-state index in [-0.39, 0.29) is 24.0 Å². The highest BCUT2D eigenvalue weighted by Crippen LogP contribution is 2.28. The second-order valence-corrected chi connectivity index (χ2v) is 6.97. The third-order valence-corrected chi connectivity index (χ3v) is 4.73. The maximum Gasteiger partial charge on any atom is 0.417 e. The van der Waals surface area contributed by atoms with Crippen LogP contribution in [0.2, 0.25) is 0 Å². The smallest absolute Gasteiger partial charge is 0.370 e. The number of likely N-dealkylation sites (tertiary alicyclic amines) is 1. The van der Waals surface area contributed by atoms with E-state index < -0.39 is 11.7 Å². The van der Waals surface area contributed by atoms with Crippen LogP contribution in [-0.4, -0.2) is 61.7 Å². The van der Waals surface area contributed by atoms with Gasteiger partial charge in [0, 0.05) is 45.5 Å². The molecule has 0 spiro atoms. The summed E-state index contributed by atoms with van der Waals surface area (Å²) in [5, 5.41) is 9.78. The van der Waals surface area contributed by atoms with E-state index >= 15 is 0 Å². The average molecular weight is 528 g/mol. The van der Waals surface area contributed by atoms with E-state index in [9.17, 15) is 13.2 Å². The molecule has 2 rings (SSSR count). The summed E-state index contributed by atoms with van der Waals surface area (Å²) in [6.45, 7) is 6.93. The number of anilines is 1. The number of halogens is 4. The van der Waals surface area contributed by atoms with Crippen molar-refractivity contribution in [2.45, 2.75) is 44.8 Å². The molecule has 6 nitrogen and oxygen atoms in total. The maximum absolute atomic E-state index is 12.5. The molecule has 1 aromatic heterocycles. The second kappa shape index (κ2) is 13.1. The summed E-state index contributed by atoms with van der Waals surface area (Å²) in [4.78, 5) is 10.6. The zero-order chi connectivity index (χ0) is 20.4. The molecular weight excluding hydrogens is 496 g/mol. The van der Waals surface area contributed by atoms with Crippen LogP contribution in [0.5, 0.6) is 0 Å². The van der Waals surface area contributed by atoms with Crippen molar-refractivity contribution < 1.29 is 13.2 Å². The first-order valence-electron chi connectivity index (χ1n) is 9.89. The highest BCUT2D eigenvalue weighted by molar-refractivity contribution is 14.0. The van der Waals surface area contributed by atoms with Crippen LogP contribution in [0.4, 0.5) is 19.0 Å². The lowest BCUT2D eigenvalue weighted by Gasteiger charge is -2.32. The highest BCUT2D eigenvalue weighted by Gasteiger charge is 2.30. The number of alkyl halides is 3. The Morgan fingerprint density at radius 2 is 1.97 bits per heavy atom. The molecule has 29 heavy (non-hydrogen) atoms. The van der Waals surface area contributed by atoms with Gasteiger partial charge in [0.15, 0.2) is 5.96 Å². The van der Waals surface area contributed by atoms with Crippen LogP contribution < -0.4 is 16.0 Å². The first kappa shape index (κ1) is 25.7. The fourth-order valence-corrected chi connectivity index (χ4v) is 3.18. The van der Waals surface area contributed by atoms with Crippen LogP contribution in [0.1, 0.15) is 38.2 Å². The van der Waals surface area contributed by atoms with Gasteiger partial charge in [0.2, 0.25) is 0 Å². The first-order valence-corrected chi connectivity index (χ1v) is 9.89. The van der Waals surface area contributed by atoms with Gasteiger partial charge in [-0.05, 0) is 44.4 Å².